The van der Waals surface area contributed by atoms with Gasteiger partial charge in [-0.1, -0.05) is 35.3 Å². The van der Waals surface area contributed by atoms with Crippen LogP contribution in [0.2, 0.25) is 10.0 Å². The Hall–Kier alpha value is -2.99. The normalized spacial score (nSPS) is 18.7. The maximum Gasteiger partial charge on any atom is 0.416 e. The van der Waals surface area contributed by atoms with Crippen molar-refractivity contribution >= 4 is 45.7 Å². The Labute approximate surface area is 209 Å². The van der Waals surface area contributed by atoms with Gasteiger partial charge in [0.15, 0.2) is 5.65 Å². The van der Waals surface area contributed by atoms with Crippen LogP contribution in [0, 0.1) is 11.3 Å². The van der Waals surface area contributed by atoms with E-state index in [1.54, 1.807) is 22.6 Å². The number of nitrogens with two attached hydrogens (primary N) is 1. The van der Waals surface area contributed by atoms with Crippen LogP contribution in [0.15, 0.2) is 42.5 Å². The number of benzene rings is 2. The molecule has 2 aromatic heterocycles. The Morgan fingerprint density at radius 1 is 1.06 bits per heavy atom. The minimum atomic E-state index is -4.45. The lowest BCUT2D eigenvalue weighted by Crippen LogP contribution is -2.33. The van der Waals surface area contributed by atoms with Gasteiger partial charge in [-0.15, -0.1) is 0 Å². The zero-order valence-electron chi connectivity index (χ0n) is 18.3. The molecule has 35 heavy (non-hydrogen) atoms. The standard InChI is InChI=1S/C25H20Cl2F3N5/c26-15-9-20(27)23-21(10-15)34-24-19(12-31)18(13-1-3-14(4-2-13)25(28,29)30)11-22(35(23)24)33-17-7-5-16(32)6-8-17/h1-4,9-11,16-17,33H,5-8,32H2. The average molecular weight is 518 g/mol. The van der Waals surface area contributed by atoms with E-state index in [0.717, 1.165) is 37.8 Å². The number of nitrogens with one attached hydrogen (secondary N) is 1. The molecule has 0 radical (unpaired) electrons. The highest BCUT2D eigenvalue weighted by Crippen LogP contribution is 2.38. The van der Waals surface area contributed by atoms with Crippen molar-refractivity contribution in [3.63, 3.8) is 0 Å². The zero-order valence-corrected chi connectivity index (χ0v) is 19.8. The molecule has 0 atom stereocenters. The van der Waals surface area contributed by atoms with Crippen LogP contribution in [0.3, 0.4) is 0 Å². The molecule has 2 heterocycles. The Bertz CT molecular complexity index is 1460. The van der Waals surface area contributed by atoms with E-state index in [-0.39, 0.29) is 17.6 Å². The van der Waals surface area contributed by atoms with E-state index in [1.165, 1.54) is 12.1 Å². The van der Waals surface area contributed by atoms with E-state index in [9.17, 15) is 18.4 Å². The smallest absolute Gasteiger partial charge is 0.368 e. The molecule has 3 N–H and O–H groups in total. The molecule has 0 amide bonds. The SMILES string of the molecule is N#Cc1c(-c2ccc(C(F)(F)F)cc2)cc(NC2CCC(N)CC2)n2c1nc1cc(Cl)cc(Cl)c12. The largest absolute Gasteiger partial charge is 0.416 e. The molecular formula is C25H20Cl2F3N5. The van der Waals surface area contributed by atoms with Crippen LogP contribution in [-0.2, 0) is 6.18 Å². The van der Waals surface area contributed by atoms with Crippen LogP contribution in [0.25, 0.3) is 27.8 Å². The summed E-state index contributed by atoms with van der Waals surface area (Å²) in [5, 5.41) is 14.4. The maximum atomic E-state index is 13.1. The molecule has 1 aliphatic rings. The number of hydrogen-bond acceptors (Lipinski definition) is 4. The van der Waals surface area contributed by atoms with Crippen LogP contribution in [-0.4, -0.2) is 21.5 Å². The lowest BCUT2D eigenvalue weighted by atomic mass is 9.91. The second kappa shape index (κ2) is 8.90. The monoisotopic (exact) mass is 517 g/mol. The highest BCUT2D eigenvalue weighted by molar-refractivity contribution is 6.38. The van der Waals surface area contributed by atoms with Crippen LogP contribution in [0.5, 0.6) is 0 Å². The molecule has 180 valence electrons. The molecule has 1 fully saturated rings. The van der Waals surface area contributed by atoms with Crippen molar-refractivity contribution in [2.75, 3.05) is 5.32 Å². The molecule has 5 nitrogen and oxygen atoms in total. The lowest BCUT2D eigenvalue weighted by molar-refractivity contribution is -0.137. The number of nitriles is 1. The van der Waals surface area contributed by atoms with E-state index in [4.69, 9.17) is 28.9 Å². The highest BCUT2D eigenvalue weighted by atomic mass is 35.5. The summed E-state index contributed by atoms with van der Waals surface area (Å²) in [5.41, 5.74) is 7.93. The first-order valence-electron chi connectivity index (χ1n) is 11.1. The highest BCUT2D eigenvalue weighted by Gasteiger charge is 2.30. The van der Waals surface area contributed by atoms with Crippen molar-refractivity contribution < 1.29 is 13.2 Å². The summed E-state index contributed by atoms with van der Waals surface area (Å²) in [7, 11) is 0. The molecule has 4 aromatic rings. The van der Waals surface area contributed by atoms with Gasteiger partial charge >= 0.3 is 6.18 Å². The number of alkyl halides is 3. The molecule has 0 bridgehead atoms. The fraction of sp³-hybridized carbons (Fsp3) is 0.280. The topological polar surface area (TPSA) is 79.1 Å². The maximum absolute atomic E-state index is 13.1. The van der Waals surface area contributed by atoms with E-state index in [2.05, 4.69) is 16.4 Å². The lowest BCUT2D eigenvalue weighted by Gasteiger charge is -2.28. The van der Waals surface area contributed by atoms with Gasteiger partial charge in [0.2, 0.25) is 0 Å². The number of hydrogen-bond donors (Lipinski definition) is 2. The van der Waals surface area contributed by atoms with E-state index in [0.29, 0.717) is 43.7 Å². The van der Waals surface area contributed by atoms with Gasteiger partial charge in [-0.05, 0) is 61.6 Å². The summed E-state index contributed by atoms with van der Waals surface area (Å²) in [6.07, 6.45) is -0.964. The summed E-state index contributed by atoms with van der Waals surface area (Å²) < 4.78 is 41.1. The molecule has 2 aromatic carbocycles. The van der Waals surface area contributed by atoms with Gasteiger partial charge in [0.05, 0.1) is 21.6 Å². The number of fused-ring (bicyclic) bond motifs is 3. The van der Waals surface area contributed by atoms with Gasteiger partial charge in [-0.25, -0.2) is 4.98 Å². The minimum absolute atomic E-state index is 0.134. The van der Waals surface area contributed by atoms with Gasteiger partial charge in [0, 0.05) is 22.7 Å². The van der Waals surface area contributed by atoms with Crippen molar-refractivity contribution in [2.45, 2.75) is 43.9 Å². The zero-order chi connectivity index (χ0) is 24.9. The first-order chi connectivity index (χ1) is 16.7. The van der Waals surface area contributed by atoms with E-state index in [1.807, 2.05) is 0 Å². The number of rotatable bonds is 3. The van der Waals surface area contributed by atoms with Crippen molar-refractivity contribution in [1.29, 1.82) is 5.26 Å². The number of pyridine rings is 1. The summed E-state index contributed by atoms with van der Waals surface area (Å²) in [4.78, 5) is 4.65. The summed E-state index contributed by atoms with van der Waals surface area (Å²) in [6.45, 7) is 0. The van der Waals surface area contributed by atoms with Gasteiger partial charge in [0.25, 0.3) is 0 Å². The number of aromatic nitrogens is 2. The summed E-state index contributed by atoms with van der Waals surface area (Å²) in [5.74, 6) is 0.640. The van der Waals surface area contributed by atoms with Crippen molar-refractivity contribution in [3.8, 4) is 17.2 Å². The first-order valence-corrected chi connectivity index (χ1v) is 11.9. The fourth-order valence-corrected chi connectivity index (χ4v) is 5.25. The molecule has 0 unspecified atom stereocenters. The Kier molecular flexibility index (Phi) is 6.04. The quantitative estimate of drug-likeness (QED) is 0.305. The molecule has 0 spiro atoms. The number of nitrogens with zero attached hydrogens (tertiary/aromatic N) is 3. The third kappa shape index (κ3) is 4.40. The van der Waals surface area contributed by atoms with Gasteiger partial charge < -0.3 is 11.1 Å². The second-order valence-electron chi connectivity index (χ2n) is 8.79. The number of anilines is 1. The van der Waals surface area contributed by atoms with Crippen molar-refractivity contribution in [3.05, 3.63) is 63.6 Å². The fourth-order valence-electron chi connectivity index (χ4n) is 4.68. The van der Waals surface area contributed by atoms with Gasteiger partial charge in [-0.2, -0.15) is 18.4 Å². The molecule has 5 rings (SSSR count). The average Bonchev–Trinajstić information content (AvgIpc) is 3.19. The van der Waals surface area contributed by atoms with E-state index >= 15 is 0 Å². The Morgan fingerprint density at radius 3 is 2.37 bits per heavy atom. The molecule has 10 heteroatoms. The second-order valence-corrected chi connectivity index (χ2v) is 9.63. The summed E-state index contributed by atoms with van der Waals surface area (Å²) >= 11 is 12.7. The molecule has 1 aliphatic carbocycles. The van der Waals surface area contributed by atoms with Crippen LogP contribution < -0.4 is 11.1 Å². The predicted octanol–water partition coefficient (Wildman–Crippen LogP) is 7.03. The number of halogens is 5. The molecule has 1 saturated carbocycles. The number of imidazole rings is 1. The van der Waals surface area contributed by atoms with Gasteiger partial charge in [0.1, 0.15) is 17.5 Å². The third-order valence-electron chi connectivity index (χ3n) is 6.44. The molecule has 0 saturated heterocycles. The molecule has 0 aliphatic heterocycles. The summed E-state index contributed by atoms with van der Waals surface area (Å²) in [6, 6.07) is 12.3. The Balaban J connectivity index is 1.74. The van der Waals surface area contributed by atoms with Crippen LogP contribution >= 0.6 is 23.2 Å². The predicted molar refractivity (Wildman–Crippen MR) is 132 cm³/mol. The van der Waals surface area contributed by atoms with E-state index < -0.39 is 11.7 Å². The Morgan fingerprint density at radius 2 is 1.74 bits per heavy atom. The van der Waals surface area contributed by atoms with Gasteiger partial charge in [-0.3, -0.25) is 4.40 Å². The third-order valence-corrected chi connectivity index (χ3v) is 6.95. The van der Waals surface area contributed by atoms with Crippen molar-refractivity contribution in [1.82, 2.24) is 9.38 Å². The van der Waals surface area contributed by atoms with Crippen molar-refractivity contribution in [2.24, 2.45) is 5.73 Å². The minimum Gasteiger partial charge on any atom is -0.368 e. The van der Waals surface area contributed by atoms with Crippen LogP contribution in [0.1, 0.15) is 36.8 Å². The first kappa shape index (κ1) is 23.7. The molecular weight excluding hydrogens is 498 g/mol. The van der Waals surface area contributed by atoms with Crippen LogP contribution in [0.4, 0.5) is 19.0 Å².